The van der Waals surface area contributed by atoms with E-state index in [0.29, 0.717) is 5.56 Å². The summed E-state index contributed by atoms with van der Waals surface area (Å²) in [7, 11) is 0. The summed E-state index contributed by atoms with van der Waals surface area (Å²) < 4.78 is 0. The first-order valence-corrected chi connectivity index (χ1v) is 7.10. The highest BCUT2D eigenvalue weighted by atomic mass is 16.1. The van der Waals surface area contributed by atoms with Crippen molar-refractivity contribution in [1.29, 1.82) is 0 Å². The van der Waals surface area contributed by atoms with Gasteiger partial charge >= 0.3 is 0 Å². The van der Waals surface area contributed by atoms with E-state index in [2.05, 4.69) is 16.9 Å². The van der Waals surface area contributed by atoms with Crippen LogP contribution in [0.25, 0.3) is 0 Å². The molecule has 1 aliphatic carbocycles. The van der Waals surface area contributed by atoms with E-state index in [9.17, 15) is 4.79 Å². The minimum atomic E-state index is 0.203. The number of carbonyl (C=O) groups is 1. The van der Waals surface area contributed by atoms with Gasteiger partial charge in [0.15, 0.2) is 5.78 Å². The summed E-state index contributed by atoms with van der Waals surface area (Å²) in [6, 6.07) is 0. The molecule has 0 saturated heterocycles. The predicted octanol–water partition coefficient (Wildman–Crippen LogP) is 3.66. The van der Waals surface area contributed by atoms with Crippen molar-refractivity contribution in [1.82, 2.24) is 9.97 Å². The Kier molecular flexibility index (Phi) is 4.85. The van der Waals surface area contributed by atoms with Crippen LogP contribution in [-0.4, -0.2) is 15.8 Å². The molecule has 1 aromatic rings. The average molecular weight is 246 g/mol. The first-order valence-electron chi connectivity index (χ1n) is 7.10. The van der Waals surface area contributed by atoms with Crippen LogP contribution in [0, 0.1) is 11.8 Å². The Morgan fingerprint density at radius 1 is 1.22 bits per heavy atom. The van der Waals surface area contributed by atoms with Gasteiger partial charge in [-0.2, -0.15) is 0 Å². The van der Waals surface area contributed by atoms with Gasteiger partial charge in [0.2, 0.25) is 0 Å². The zero-order chi connectivity index (χ0) is 12.8. The summed E-state index contributed by atoms with van der Waals surface area (Å²) >= 11 is 0. The van der Waals surface area contributed by atoms with Crippen molar-refractivity contribution < 1.29 is 4.79 Å². The van der Waals surface area contributed by atoms with E-state index < -0.39 is 0 Å². The summed E-state index contributed by atoms with van der Waals surface area (Å²) in [5.74, 6) is 1.29. The van der Waals surface area contributed by atoms with Gasteiger partial charge < -0.3 is 0 Å². The molecule has 1 saturated carbocycles. The quantitative estimate of drug-likeness (QED) is 0.745. The van der Waals surface area contributed by atoms with Gasteiger partial charge in [-0.15, -0.1) is 0 Å². The van der Waals surface area contributed by atoms with Gasteiger partial charge in [0, 0.05) is 18.3 Å². The molecule has 1 aromatic heterocycles. The van der Waals surface area contributed by atoms with Crippen LogP contribution >= 0.6 is 0 Å². The van der Waals surface area contributed by atoms with E-state index in [4.69, 9.17) is 0 Å². The molecule has 0 radical (unpaired) electrons. The number of carbonyl (C=O) groups excluding carboxylic acids is 1. The molecule has 0 atom stereocenters. The van der Waals surface area contributed by atoms with E-state index in [0.717, 1.165) is 18.8 Å². The fourth-order valence-corrected chi connectivity index (χ4v) is 2.87. The Morgan fingerprint density at radius 3 is 2.50 bits per heavy atom. The van der Waals surface area contributed by atoms with Gasteiger partial charge in [0.1, 0.15) is 6.33 Å². The predicted molar refractivity (Wildman–Crippen MR) is 71.3 cm³/mol. The second-order valence-corrected chi connectivity index (χ2v) is 5.35. The Labute approximate surface area is 109 Å². The number of nitrogens with zero attached hydrogens (tertiary/aromatic N) is 2. The zero-order valence-corrected chi connectivity index (χ0v) is 11.1. The van der Waals surface area contributed by atoms with Crippen LogP contribution in [0.5, 0.6) is 0 Å². The lowest BCUT2D eigenvalue weighted by molar-refractivity contribution is 0.0868. The summed E-state index contributed by atoms with van der Waals surface area (Å²) in [5, 5.41) is 0. The van der Waals surface area contributed by atoms with Crippen molar-refractivity contribution in [3.63, 3.8) is 0 Å². The maximum Gasteiger partial charge on any atom is 0.169 e. The third-order valence-corrected chi connectivity index (χ3v) is 4.03. The monoisotopic (exact) mass is 246 g/mol. The van der Waals surface area contributed by atoms with Gasteiger partial charge in [-0.25, -0.2) is 9.97 Å². The lowest BCUT2D eigenvalue weighted by Crippen LogP contribution is -2.22. The third-order valence-electron chi connectivity index (χ3n) is 4.03. The van der Waals surface area contributed by atoms with Crippen LogP contribution < -0.4 is 0 Å². The molecule has 0 N–H and O–H groups in total. The number of unbranched alkanes of at least 4 members (excludes halogenated alkanes) is 1. The first-order chi connectivity index (χ1) is 8.81. The fourth-order valence-electron chi connectivity index (χ4n) is 2.87. The number of ketones is 1. The molecule has 1 fully saturated rings. The molecule has 3 heteroatoms. The Bertz CT molecular complexity index is 369. The molecular weight excluding hydrogens is 224 g/mol. The van der Waals surface area contributed by atoms with E-state index in [-0.39, 0.29) is 11.7 Å². The van der Waals surface area contributed by atoms with Crippen LogP contribution in [0.4, 0.5) is 0 Å². The highest BCUT2D eigenvalue weighted by molar-refractivity contribution is 5.97. The lowest BCUT2D eigenvalue weighted by Gasteiger charge is -2.27. The van der Waals surface area contributed by atoms with Crippen LogP contribution in [-0.2, 0) is 0 Å². The molecule has 98 valence electrons. The molecular formula is C15H22N2O. The SMILES string of the molecule is CCCCC1CCC(C(=O)c2cncnc2)CC1. The van der Waals surface area contributed by atoms with Crippen molar-refractivity contribution in [2.45, 2.75) is 51.9 Å². The van der Waals surface area contributed by atoms with E-state index in [1.165, 1.54) is 38.4 Å². The van der Waals surface area contributed by atoms with Crippen molar-refractivity contribution >= 4 is 5.78 Å². The molecule has 0 spiro atoms. The van der Waals surface area contributed by atoms with Gasteiger partial charge in [-0.05, 0) is 31.6 Å². The second kappa shape index (κ2) is 6.62. The molecule has 0 aliphatic heterocycles. The summed E-state index contributed by atoms with van der Waals surface area (Å²) in [5.41, 5.74) is 0.675. The highest BCUT2D eigenvalue weighted by Crippen LogP contribution is 2.33. The molecule has 18 heavy (non-hydrogen) atoms. The maximum atomic E-state index is 12.2. The molecule has 1 aliphatic rings. The minimum Gasteiger partial charge on any atom is -0.294 e. The van der Waals surface area contributed by atoms with Crippen molar-refractivity contribution in [2.75, 3.05) is 0 Å². The number of rotatable bonds is 5. The lowest BCUT2D eigenvalue weighted by atomic mass is 9.77. The second-order valence-electron chi connectivity index (χ2n) is 5.35. The topological polar surface area (TPSA) is 42.9 Å². The molecule has 3 nitrogen and oxygen atoms in total. The number of hydrogen-bond acceptors (Lipinski definition) is 3. The van der Waals surface area contributed by atoms with E-state index >= 15 is 0 Å². The van der Waals surface area contributed by atoms with Gasteiger partial charge in [0.25, 0.3) is 0 Å². The molecule has 0 bridgehead atoms. The normalized spacial score (nSPS) is 23.8. The van der Waals surface area contributed by atoms with Crippen molar-refractivity contribution in [2.24, 2.45) is 11.8 Å². The van der Waals surface area contributed by atoms with Crippen molar-refractivity contribution in [3.05, 3.63) is 24.3 Å². The van der Waals surface area contributed by atoms with Gasteiger partial charge in [0.05, 0.1) is 5.56 Å². The number of aromatic nitrogens is 2. The van der Waals surface area contributed by atoms with Crippen LogP contribution in [0.1, 0.15) is 62.2 Å². The van der Waals surface area contributed by atoms with Crippen molar-refractivity contribution in [3.8, 4) is 0 Å². The van der Waals surface area contributed by atoms with Crippen LogP contribution in [0.3, 0.4) is 0 Å². The van der Waals surface area contributed by atoms with Crippen LogP contribution in [0.15, 0.2) is 18.7 Å². The first kappa shape index (κ1) is 13.2. The molecule has 0 unspecified atom stereocenters. The Hall–Kier alpha value is -1.25. The molecule has 2 rings (SSSR count). The number of hydrogen-bond donors (Lipinski definition) is 0. The minimum absolute atomic E-state index is 0.203. The third kappa shape index (κ3) is 3.37. The average Bonchev–Trinajstić information content (AvgIpc) is 2.46. The Balaban J connectivity index is 1.84. The van der Waals surface area contributed by atoms with Gasteiger partial charge in [-0.1, -0.05) is 26.2 Å². The fraction of sp³-hybridized carbons (Fsp3) is 0.667. The van der Waals surface area contributed by atoms with E-state index in [1.807, 2.05) is 0 Å². The Morgan fingerprint density at radius 2 is 1.89 bits per heavy atom. The maximum absolute atomic E-state index is 12.2. The zero-order valence-electron chi connectivity index (χ0n) is 11.1. The molecule has 1 heterocycles. The molecule has 0 aromatic carbocycles. The highest BCUT2D eigenvalue weighted by Gasteiger charge is 2.26. The number of Topliss-reactive ketones (excluding diaryl/α,β-unsaturated/α-hetero) is 1. The standard InChI is InChI=1S/C15H22N2O/c1-2-3-4-12-5-7-13(8-6-12)15(18)14-9-16-11-17-10-14/h9-13H,2-8H2,1H3. The smallest absolute Gasteiger partial charge is 0.169 e. The summed E-state index contributed by atoms with van der Waals surface area (Å²) in [6.45, 7) is 2.24. The van der Waals surface area contributed by atoms with Gasteiger partial charge in [-0.3, -0.25) is 4.79 Å². The van der Waals surface area contributed by atoms with E-state index in [1.54, 1.807) is 12.4 Å². The largest absolute Gasteiger partial charge is 0.294 e. The summed E-state index contributed by atoms with van der Waals surface area (Å²) in [6.07, 6.45) is 13.2. The summed E-state index contributed by atoms with van der Waals surface area (Å²) in [4.78, 5) is 20.1. The molecule has 0 amide bonds. The van der Waals surface area contributed by atoms with Crippen LogP contribution in [0.2, 0.25) is 0 Å².